The van der Waals surface area contributed by atoms with E-state index >= 15 is 0 Å². The van der Waals surface area contributed by atoms with Gasteiger partial charge in [-0.1, -0.05) is 12.1 Å². The summed E-state index contributed by atoms with van der Waals surface area (Å²) < 4.78 is 5.57. The summed E-state index contributed by atoms with van der Waals surface area (Å²) in [4.78, 5) is 11.0. The van der Waals surface area contributed by atoms with Crippen LogP contribution in [0.4, 0.5) is 5.95 Å². The summed E-state index contributed by atoms with van der Waals surface area (Å²) in [5.41, 5.74) is 2.68. The van der Waals surface area contributed by atoms with E-state index in [2.05, 4.69) is 38.4 Å². The van der Waals surface area contributed by atoms with Crippen molar-refractivity contribution in [1.82, 2.24) is 15.3 Å². The van der Waals surface area contributed by atoms with Gasteiger partial charge in [0.15, 0.2) is 0 Å². The van der Waals surface area contributed by atoms with Crippen LogP contribution in [-0.4, -0.2) is 35.7 Å². The van der Waals surface area contributed by atoms with Crippen LogP contribution in [0.1, 0.15) is 24.0 Å². The summed E-state index contributed by atoms with van der Waals surface area (Å²) in [6.07, 6.45) is 7.04. The Kier molecular flexibility index (Phi) is 5.53. The van der Waals surface area contributed by atoms with Crippen molar-refractivity contribution in [2.75, 3.05) is 24.6 Å². The van der Waals surface area contributed by atoms with Crippen LogP contribution in [0.2, 0.25) is 0 Å². The smallest absolute Gasteiger partial charge is 0.225 e. The SMILES string of the molecule is Cl.c1cnc(N2CCCC(NCc3ccc4c(c3)CCO4)C2)nc1. The summed E-state index contributed by atoms with van der Waals surface area (Å²) in [5, 5.41) is 3.69. The largest absolute Gasteiger partial charge is 0.493 e. The average Bonchev–Trinajstić information content (AvgIpc) is 3.09. The molecule has 2 aliphatic heterocycles. The fourth-order valence-electron chi connectivity index (χ4n) is 3.39. The van der Waals surface area contributed by atoms with E-state index in [1.807, 2.05) is 18.5 Å². The van der Waals surface area contributed by atoms with Gasteiger partial charge in [-0.2, -0.15) is 0 Å². The normalized spacial score (nSPS) is 19.3. The fraction of sp³-hybridized carbons (Fsp3) is 0.444. The van der Waals surface area contributed by atoms with Gasteiger partial charge in [-0.25, -0.2) is 9.97 Å². The minimum Gasteiger partial charge on any atom is -0.493 e. The number of rotatable bonds is 4. The van der Waals surface area contributed by atoms with Gasteiger partial charge < -0.3 is 15.0 Å². The van der Waals surface area contributed by atoms with E-state index < -0.39 is 0 Å². The Morgan fingerprint density at radius 1 is 1.25 bits per heavy atom. The van der Waals surface area contributed by atoms with Gasteiger partial charge in [-0.05, 0) is 36.1 Å². The standard InChI is InChI=1S/C18H22N4O.ClH/c1-3-16(13-22(9-1)18-19-7-2-8-20-18)21-12-14-4-5-17-15(11-14)6-10-23-17;/h2,4-5,7-8,11,16,21H,1,3,6,9-10,12-13H2;1H. The predicted molar refractivity (Wildman–Crippen MR) is 97.0 cm³/mol. The Labute approximate surface area is 148 Å². The van der Waals surface area contributed by atoms with Crippen LogP contribution in [0.3, 0.4) is 0 Å². The molecular weight excluding hydrogens is 324 g/mol. The Morgan fingerprint density at radius 3 is 3.00 bits per heavy atom. The van der Waals surface area contributed by atoms with Crippen molar-refractivity contribution in [3.8, 4) is 5.75 Å². The number of nitrogens with one attached hydrogen (secondary N) is 1. The minimum atomic E-state index is 0. The molecule has 6 heteroatoms. The minimum absolute atomic E-state index is 0. The van der Waals surface area contributed by atoms with Crippen LogP contribution in [0.25, 0.3) is 0 Å². The number of piperidine rings is 1. The van der Waals surface area contributed by atoms with Crippen molar-refractivity contribution in [3.05, 3.63) is 47.8 Å². The van der Waals surface area contributed by atoms with Gasteiger partial charge >= 0.3 is 0 Å². The predicted octanol–water partition coefficient (Wildman–Crippen LogP) is 2.59. The highest BCUT2D eigenvalue weighted by Gasteiger charge is 2.21. The molecular formula is C18H23ClN4O. The van der Waals surface area contributed by atoms with Crippen molar-refractivity contribution >= 4 is 18.4 Å². The van der Waals surface area contributed by atoms with Crippen molar-refractivity contribution in [1.29, 1.82) is 0 Å². The maximum absolute atomic E-state index is 5.57. The van der Waals surface area contributed by atoms with Crippen LogP contribution in [0.5, 0.6) is 5.75 Å². The second-order valence-corrected chi connectivity index (χ2v) is 6.26. The van der Waals surface area contributed by atoms with Gasteiger partial charge in [0.25, 0.3) is 0 Å². The Balaban J connectivity index is 0.00000169. The van der Waals surface area contributed by atoms with E-state index in [-0.39, 0.29) is 12.4 Å². The molecule has 0 amide bonds. The molecule has 1 fully saturated rings. The molecule has 1 unspecified atom stereocenters. The van der Waals surface area contributed by atoms with Crippen LogP contribution in [-0.2, 0) is 13.0 Å². The third-order valence-corrected chi connectivity index (χ3v) is 4.61. The topological polar surface area (TPSA) is 50.3 Å². The Hall–Kier alpha value is -1.85. The molecule has 24 heavy (non-hydrogen) atoms. The summed E-state index contributed by atoms with van der Waals surface area (Å²) in [6, 6.07) is 8.89. The highest BCUT2D eigenvalue weighted by atomic mass is 35.5. The van der Waals surface area contributed by atoms with Gasteiger partial charge in [0.1, 0.15) is 5.75 Å². The van der Waals surface area contributed by atoms with E-state index in [0.29, 0.717) is 6.04 Å². The average molecular weight is 347 g/mol. The molecule has 4 rings (SSSR count). The lowest BCUT2D eigenvalue weighted by atomic mass is 10.0. The molecule has 1 atom stereocenters. The molecule has 0 spiro atoms. The molecule has 1 aromatic carbocycles. The summed E-state index contributed by atoms with van der Waals surface area (Å²) >= 11 is 0. The molecule has 1 aromatic heterocycles. The number of ether oxygens (including phenoxy) is 1. The molecule has 5 nitrogen and oxygen atoms in total. The number of hydrogen-bond acceptors (Lipinski definition) is 5. The summed E-state index contributed by atoms with van der Waals surface area (Å²) in [5.74, 6) is 1.90. The fourth-order valence-corrected chi connectivity index (χ4v) is 3.39. The lowest BCUT2D eigenvalue weighted by Crippen LogP contribution is -2.46. The van der Waals surface area contributed by atoms with Crippen molar-refractivity contribution < 1.29 is 4.74 Å². The molecule has 2 aliphatic rings. The van der Waals surface area contributed by atoms with E-state index in [1.165, 1.54) is 24.0 Å². The van der Waals surface area contributed by atoms with E-state index in [0.717, 1.165) is 44.4 Å². The Morgan fingerprint density at radius 2 is 2.12 bits per heavy atom. The van der Waals surface area contributed by atoms with E-state index in [4.69, 9.17) is 4.74 Å². The van der Waals surface area contributed by atoms with Crippen LogP contribution >= 0.6 is 12.4 Å². The molecule has 0 radical (unpaired) electrons. The second kappa shape index (κ2) is 7.81. The molecule has 1 saturated heterocycles. The Bertz CT molecular complexity index is 667. The zero-order chi connectivity index (χ0) is 15.5. The van der Waals surface area contributed by atoms with Gasteiger partial charge in [0.2, 0.25) is 5.95 Å². The van der Waals surface area contributed by atoms with Gasteiger partial charge in [-0.15, -0.1) is 12.4 Å². The lowest BCUT2D eigenvalue weighted by Gasteiger charge is -2.33. The zero-order valence-electron chi connectivity index (χ0n) is 13.6. The highest BCUT2D eigenvalue weighted by molar-refractivity contribution is 5.85. The molecule has 128 valence electrons. The molecule has 0 saturated carbocycles. The zero-order valence-corrected chi connectivity index (χ0v) is 14.5. The number of halogens is 1. The molecule has 3 heterocycles. The second-order valence-electron chi connectivity index (χ2n) is 6.26. The van der Waals surface area contributed by atoms with Crippen molar-refractivity contribution in [2.45, 2.75) is 31.8 Å². The number of hydrogen-bond donors (Lipinski definition) is 1. The molecule has 2 aromatic rings. The third kappa shape index (κ3) is 3.79. The highest BCUT2D eigenvalue weighted by Crippen LogP contribution is 2.26. The summed E-state index contributed by atoms with van der Waals surface area (Å²) in [7, 11) is 0. The van der Waals surface area contributed by atoms with E-state index in [1.54, 1.807) is 0 Å². The number of anilines is 1. The maximum atomic E-state index is 5.57. The first kappa shape index (κ1) is 17.0. The van der Waals surface area contributed by atoms with Crippen LogP contribution in [0, 0.1) is 0 Å². The van der Waals surface area contributed by atoms with E-state index in [9.17, 15) is 0 Å². The molecule has 1 N–H and O–H groups in total. The quantitative estimate of drug-likeness (QED) is 0.922. The van der Waals surface area contributed by atoms with Gasteiger partial charge in [0, 0.05) is 44.5 Å². The number of fused-ring (bicyclic) bond motifs is 1. The first-order chi connectivity index (χ1) is 11.4. The molecule has 0 bridgehead atoms. The third-order valence-electron chi connectivity index (χ3n) is 4.61. The first-order valence-corrected chi connectivity index (χ1v) is 8.38. The number of nitrogens with zero attached hydrogens (tertiary/aromatic N) is 3. The van der Waals surface area contributed by atoms with Crippen LogP contribution in [0.15, 0.2) is 36.7 Å². The number of aromatic nitrogens is 2. The lowest BCUT2D eigenvalue weighted by molar-refractivity contribution is 0.356. The number of benzene rings is 1. The first-order valence-electron chi connectivity index (χ1n) is 8.38. The van der Waals surface area contributed by atoms with Gasteiger partial charge in [0.05, 0.1) is 6.61 Å². The monoisotopic (exact) mass is 346 g/mol. The summed E-state index contributed by atoms with van der Waals surface area (Å²) in [6.45, 7) is 3.73. The van der Waals surface area contributed by atoms with Crippen molar-refractivity contribution in [3.63, 3.8) is 0 Å². The van der Waals surface area contributed by atoms with Crippen molar-refractivity contribution in [2.24, 2.45) is 0 Å². The maximum Gasteiger partial charge on any atom is 0.225 e. The van der Waals surface area contributed by atoms with Crippen LogP contribution < -0.4 is 15.0 Å². The van der Waals surface area contributed by atoms with Gasteiger partial charge in [-0.3, -0.25) is 0 Å². The molecule has 0 aliphatic carbocycles.